The molecule has 0 aliphatic heterocycles. The molecule has 162 valence electrons. The molecule has 0 aliphatic rings. The number of carbonyl (C=O) groups is 1. The van der Waals surface area contributed by atoms with Crippen LogP contribution in [0.2, 0.25) is 0 Å². The van der Waals surface area contributed by atoms with Gasteiger partial charge in [0.05, 0.1) is 16.9 Å². The molecule has 1 N–H and O–H groups in total. The number of aromatic nitrogens is 5. The molecule has 0 saturated heterocycles. The van der Waals surface area contributed by atoms with Crippen LogP contribution < -0.4 is 5.32 Å². The van der Waals surface area contributed by atoms with Gasteiger partial charge in [-0.1, -0.05) is 30.3 Å². The minimum absolute atomic E-state index is 0.163. The summed E-state index contributed by atoms with van der Waals surface area (Å²) in [5.41, 5.74) is 4.94. The highest BCUT2D eigenvalue weighted by Crippen LogP contribution is 2.23. The van der Waals surface area contributed by atoms with Gasteiger partial charge in [-0.25, -0.2) is 9.36 Å². The Bertz CT molecular complexity index is 1330. The molecule has 0 spiro atoms. The summed E-state index contributed by atoms with van der Waals surface area (Å²) in [7, 11) is 0. The van der Waals surface area contributed by atoms with E-state index in [0.717, 1.165) is 28.9 Å². The quantitative estimate of drug-likeness (QED) is 0.419. The van der Waals surface area contributed by atoms with Gasteiger partial charge in [0.15, 0.2) is 0 Å². The summed E-state index contributed by atoms with van der Waals surface area (Å²) >= 11 is 0. The zero-order valence-electron chi connectivity index (χ0n) is 17.9. The van der Waals surface area contributed by atoms with Crippen molar-refractivity contribution in [2.45, 2.75) is 6.42 Å². The van der Waals surface area contributed by atoms with E-state index in [1.807, 2.05) is 71.5 Å². The maximum atomic E-state index is 13.1. The van der Waals surface area contributed by atoms with Crippen LogP contribution in [-0.4, -0.2) is 37.0 Å². The van der Waals surface area contributed by atoms with Gasteiger partial charge in [0.2, 0.25) is 0 Å². The number of rotatable bonds is 7. The van der Waals surface area contributed by atoms with Gasteiger partial charge < -0.3 is 5.32 Å². The number of hydrogen-bond donors (Lipinski definition) is 1. The monoisotopic (exact) mass is 434 g/mol. The number of para-hydroxylation sites is 1. The maximum Gasteiger partial charge on any atom is 0.255 e. The minimum atomic E-state index is -0.163. The second-order valence-corrected chi connectivity index (χ2v) is 7.54. The Balaban J connectivity index is 1.31. The smallest absolute Gasteiger partial charge is 0.255 e. The first-order chi connectivity index (χ1) is 16.3. The maximum absolute atomic E-state index is 13.1. The molecule has 7 heteroatoms. The lowest BCUT2D eigenvalue weighted by atomic mass is 10.1. The van der Waals surface area contributed by atoms with E-state index < -0.39 is 0 Å². The summed E-state index contributed by atoms with van der Waals surface area (Å²) in [6, 6.07) is 23.5. The molecular formula is C26H22N6O. The molecule has 0 aliphatic carbocycles. The van der Waals surface area contributed by atoms with Gasteiger partial charge >= 0.3 is 0 Å². The molecule has 0 saturated carbocycles. The molecule has 0 bridgehead atoms. The summed E-state index contributed by atoms with van der Waals surface area (Å²) in [5.74, 6) is -0.163. The molecule has 1 amide bonds. The van der Waals surface area contributed by atoms with Crippen LogP contribution in [0.25, 0.3) is 22.6 Å². The second-order valence-electron chi connectivity index (χ2n) is 7.54. The summed E-state index contributed by atoms with van der Waals surface area (Å²) in [4.78, 5) is 17.3. The number of nitrogens with one attached hydrogen (secondary N) is 1. The van der Waals surface area contributed by atoms with Crippen LogP contribution >= 0.6 is 0 Å². The van der Waals surface area contributed by atoms with Gasteiger partial charge in [-0.3, -0.25) is 9.78 Å². The Kier molecular flexibility index (Phi) is 5.75. The predicted molar refractivity (Wildman–Crippen MR) is 126 cm³/mol. The standard InChI is InChI=1S/C26H22N6O/c33-26(28-16-13-20-9-11-23(12-10-20)31-17-5-15-29-31)24-19-32(22-7-2-1-3-8-22)30-25(24)21-6-4-14-27-18-21/h1-12,14-15,17-19H,13,16H2,(H,28,33). The summed E-state index contributed by atoms with van der Waals surface area (Å²) < 4.78 is 3.54. The lowest BCUT2D eigenvalue weighted by Crippen LogP contribution is -2.25. The van der Waals surface area contributed by atoms with E-state index in [1.165, 1.54) is 0 Å². The van der Waals surface area contributed by atoms with Crippen LogP contribution in [0.5, 0.6) is 0 Å². The molecule has 0 unspecified atom stereocenters. The highest BCUT2D eigenvalue weighted by atomic mass is 16.1. The molecule has 2 aromatic carbocycles. The van der Waals surface area contributed by atoms with Crippen molar-refractivity contribution in [2.75, 3.05) is 6.54 Å². The first-order valence-corrected chi connectivity index (χ1v) is 10.7. The Hall–Kier alpha value is -4.52. The third-order valence-electron chi connectivity index (χ3n) is 5.32. The van der Waals surface area contributed by atoms with E-state index in [0.29, 0.717) is 17.8 Å². The molecule has 3 heterocycles. The molecular weight excluding hydrogens is 412 g/mol. The molecule has 33 heavy (non-hydrogen) atoms. The van der Waals surface area contributed by atoms with Crippen LogP contribution in [0.1, 0.15) is 15.9 Å². The predicted octanol–water partition coefficient (Wildman–Crippen LogP) is 4.09. The number of hydrogen-bond acceptors (Lipinski definition) is 4. The molecule has 0 atom stereocenters. The molecule has 7 nitrogen and oxygen atoms in total. The van der Waals surface area contributed by atoms with Crippen LogP contribution in [0.15, 0.2) is 104 Å². The number of nitrogens with zero attached hydrogens (tertiary/aromatic N) is 5. The zero-order chi connectivity index (χ0) is 22.5. The lowest BCUT2D eigenvalue weighted by Gasteiger charge is -2.07. The molecule has 5 rings (SSSR count). The van der Waals surface area contributed by atoms with Gasteiger partial charge in [-0.15, -0.1) is 0 Å². The fraction of sp³-hybridized carbons (Fsp3) is 0.0769. The average molecular weight is 435 g/mol. The van der Waals surface area contributed by atoms with Crippen LogP contribution in [0.4, 0.5) is 0 Å². The van der Waals surface area contributed by atoms with Crippen LogP contribution in [0.3, 0.4) is 0 Å². The van der Waals surface area contributed by atoms with Crippen molar-refractivity contribution in [1.29, 1.82) is 0 Å². The van der Waals surface area contributed by atoms with Gasteiger partial charge in [0.25, 0.3) is 5.91 Å². The third-order valence-corrected chi connectivity index (χ3v) is 5.32. The zero-order valence-corrected chi connectivity index (χ0v) is 17.9. The van der Waals surface area contributed by atoms with E-state index in [1.54, 1.807) is 29.5 Å². The Labute approximate surface area is 191 Å². The summed E-state index contributed by atoms with van der Waals surface area (Å²) in [5, 5.41) is 12.0. The summed E-state index contributed by atoms with van der Waals surface area (Å²) in [6.45, 7) is 0.517. The number of pyridine rings is 1. The lowest BCUT2D eigenvalue weighted by molar-refractivity contribution is 0.0954. The first-order valence-electron chi connectivity index (χ1n) is 10.7. The van der Waals surface area contributed by atoms with Crippen molar-refractivity contribution in [1.82, 2.24) is 29.9 Å². The topological polar surface area (TPSA) is 77.6 Å². The Morgan fingerprint density at radius 1 is 0.848 bits per heavy atom. The van der Waals surface area contributed by atoms with E-state index in [2.05, 4.69) is 32.6 Å². The van der Waals surface area contributed by atoms with Gasteiger partial charge in [-0.05, 0) is 54.4 Å². The van der Waals surface area contributed by atoms with E-state index in [9.17, 15) is 4.79 Å². The van der Waals surface area contributed by atoms with E-state index >= 15 is 0 Å². The fourth-order valence-corrected chi connectivity index (χ4v) is 3.62. The first kappa shape index (κ1) is 20.4. The van der Waals surface area contributed by atoms with Gasteiger partial charge in [0, 0.05) is 43.1 Å². The van der Waals surface area contributed by atoms with Crippen molar-refractivity contribution in [3.8, 4) is 22.6 Å². The van der Waals surface area contributed by atoms with Crippen molar-refractivity contribution >= 4 is 5.91 Å². The second kappa shape index (κ2) is 9.32. The van der Waals surface area contributed by atoms with E-state index in [4.69, 9.17) is 0 Å². The Morgan fingerprint density at radius 2 is 1.67 bits per heavy atom. The SMILES string of the molecule is O=C(NCCc1ccc(-n2cccn2)cc1)c1cn(-c2ccccc2)nc1-c1cccnc1. The van der Waals surface area contributed by atoms with Crippen molar-refractivity contribution in [2.24, 2.45) is 0 Å². The van der Waals surface area contributed by atoms with Gasteiger partial charge in [0.1, 0.15) is 5.69 Å². The number of benzene rings is 2. The van der Waals surface area contributed by atoms with Gasteiger partial charge in [-0.2, -0.15) is 10.2 Å². The van der Waals surface area contributed by atoms with Crippen LogP contribution in [-0.2, 0) is 6.42 Å². The number of amides is 1. The molecule has 5 aromatic rings. The van der Waals surface area contributed by atoms with Crippen molar-refractivity contribution in [3.05, 3.63) is 115 Å². The fourth-order valence-electron chi connectivity index (χ4n) is 3.62. The normalized spacial score (nSPS) is 10.8. The van der Waals surface area contributed by atoms with Crippen molar-refractivity contribution < 1.29 is 4.79 Å². The van der Waals surface area contributed by atoms with E-state index in [-0.39, 0.29) is 5.91 Å². The largest absolute Gasteiger partial charge is 0.352 e. The molecule has 0 fully saturated rings. The molecule has 0 radical (unpaired) electrons. The summed E-state index contributed by atoms with van der Waals surface area (Å²) in [6.07, 6.45) is 9.57. The number of carbonyl (C=O) groups excluding carboxylic acids is 1. The Morgan fingerprint density at radius 3 is 2.39 bits per heavy atom. The third kappa shape index (κ3) is 4.57. The highest BCUT2D eigenvalue weighted by molar-refractivity contribution is 5.99. The molecule has 3 aromatic heterocycles. The average Bonchev–Trinajstić information content (AvgIpc) is 3.57. The minimum Gasteiger partial charge on any atom is -0.352 e. The van der Waals surface area contributed by atoms with Crippen LogP contribution in [0, 0.1) is 0 Å². The van der Waals surface area contributed by atoms with Crippen molar-refractivity contribution in [3.63, 3.8) is 0 Å². The highest BCUT2D eigenvalue weighted by Gasteiger charge is 2.18.